The number of carboxylic acids is 1. The van der Waals surface area contributed by atoms with E-state index in [-0.39, 0.29) is 27.7 Å². The van der Waals surface area contributed by atoms with Gasteiger partial charge in [0.15, 0.2) is 11.6 Å². The Kier molecular flexibility index (Phi) is 4.46. The van der Waals surface area contributed by atoms with Gasteiger partial charge in [-0.25, -0.2) is 4.39 Å². The number of phenolic OH excluding ortho intramolecular Hbond substituents is 1. The van der Waals surface area contributed by atoms with E-state index in [9.17, 15) is 32.3 Å². The Bertz CT molecular complexity index is 1080. The van der Waals surface area contributed by atoms with Crippen molar-refractivity contribution in [2.24, 2.45) is 0 Å². The van der Waals surface area contributed by atoms with Crippen molar-refractivity contribution in [1.29, 1.82) is 0 Å². The third kappa shape index (κ3) is 3.27. The number of halogens is 4. The predicted octanol–water partition coefficient (Wildman–Crippen LogP) is 4.19. The summed E-state index contributed by atoms with van der Waals surface area (Å²) < 4.78 is 53.2. The average Bonchev–Trinajstić information content (AvgIpc) is 3.13. The number of rotatable bonds is 3. The third-order valence-electron chi connectivity index (χ3n) is 4.06. The molecule has 0 unspecified atom stereocenters. The van der Waals surface area contributed by atoms with Crippen LogP contribution >= 0.6 is 11.3 Å². The molecule has 2 heterocycles. The van der Waals surface area contributed by atoms with E-state index in [1.54, 1.807) is 0 Å². The Morgan fingerprint density at radius 1 is 1.22 bits per heavy atom. The number of phenols is 1. The zero-order valence-electron chi connectivity index (χ0n) is 13.6. The molecular weight excluding hydrogens is 390 g/mol. The molecule has 0 spiro atoms. The number of carbonyl (C=O) groups is 2. The molecule has 2 aromatic heterocycles. The molecule has 0 bridgehead atoms. The van der Waals surface area contributed by atoms with Crippen LogP contribution < -0.4 is 0 Å². The van der Waals surface area contributed by atoms with Crippen LogP contribution in [0.15, 0.2) is 23.6 Å². The number of benzene rings is 1. The highest BCUT2D eigenvalue weighted by atomic mass is 32.1. The SMILES string of the molecule is Cc1c(CC(=O)O)c2cc(O)c(F)cc2n1C(=O)c1csc(C(F)(F)F)c1. The highest BCUT2D eigenvalue weighted by Gasteiger charge is 2.33. The van der Waals surface area contributed by atoms with Crippen molar-refractivity contribution in [2.45, 2.75) is 19.5 Å². The molecule has 0 aliphatic carbocycles. The summed E-state index contributed by atoms with van der Waals surface area (Å²) in [6.07, 6.45) is -5.12. The van der Waals surface area contributed by atoms with Gasteiger partial charge in [0.2, 0.25) is 0 Å². The number of nitrogens with zero attached hydrogens (tertiary/aromatic N) is 1. The van der Waals surface area contributed by atoms with E-state index in [1.165, 1.54) is 6.92 Å². The molecule has 0 saturated heterocycles. The van der Waals surface area contributed by atoms with Gasteiger partial charge in [-0.1, -0.05) is 0 Å². The first kappa shape index (κ1) is 18.9. The molecule has 142 valence electrons. The van der Waals surface area contributed by atoms with E-state index in [4.69, 9.17) is 5.11 Å². The van der Waals surface area contributed by atoms with Crippen LogP contribution in [0.4, 0.5) is 17.6 Å². The third-order valence-corrected chi connectivity index (χ3v) is 5.04. The van der Waals surface area contributed by atoms with E-state index in [0.717, 1.165) is 22.1 Å². The lowest BCUT2D eigenvalue weighted by atomic mass is 10.1. The zero-order valence-corrected chi connectivity index (χ0v) is 14.4. The summed E-state index contributed by atoms with van der Waals surface area (Å²) in [5, 5.41) is 19.8. The standard InChI is InChI=1S/C17H11F4NO4S/c1-7-9(4-15(24)25)10-3-13(23)11(18)5-12(10)22(7)16(26)8-2-14(27-6-8)17(19,20)21/h2-3,5-6,23H,4H2,1H3,(H,24,25). The molecule has 2 N–H and O–H groups in total. The number of hydrogen-bond acceptors (Lipinski definition) is 4. The number of aromatic hydroxyl groups is 1. The molecule has 0 aliphatic rings. The summed E-state index contributed by atoms with van der Waals surface area (Å²) in [6, 6.07) is 2.53. The number of aliphatic carboxylic acids is 1. The second kappa shape index (κ2) is 6.38. The van der Waals surface area contributed by atoms with Crippen molar-refractivity contribution in [1.82, 2.24) is 4.57 Å². The lowest BCUT2D eigenvalue weighted by molar-refractivity contribution is -0.136. The van der Waals surface area contributed by atoms with Gasteiger partial charge >= 0.3 is 12.1 Å². The van der Waals surface area contributed by atoms with Gasteiger partial charge in [-0.05, 0) is 24.6 Å². The van der Waals surface area contributed by atoms with Crippen LogP contribution in [0, 0.1) is 12.7 Å². The minimum atomic E-state index is -4.61. The van der Waals surface area contributed by atoms with Gasteiger partial charge in [0.05, 0.1) is 17.5 Å². The Hall–Kier alpha value is -2.88. The number of hydrogen-bond donors (Lipinski definition) is 2. The summed E-state index contributed by atoms with van der Waals surface area (Å²) in [5.41, 5.74) is 0.000995. The topological polar surface area (TPSA) is 79.5 Å². The van der Waals surface area contributed by atoms with Gasteiger partial charge in [-0.15, -0.1) is 11.3 Å². The fourth-order valence-corrected chi connectivity index (χ4v) is 3.60. The monoisotopic (exact) mass is 401 g/mol. The number of alkyl halides is 3. The molecule has 0 aliphatic heterocycles. The molecule has 5 nitrogen and oxygen atoms in total. The van der Waals surface area contributed by atoms with Gasteiger partial charge in [0.25, 0.3) is 5.91 Å². The minimum Gasteiger partial charge on any atom is -0.505 e. The van der Waals surface area contributed by atoms with Crippen molar-refractivity contribution in [3.63, 3.8) is 0 Å². The molecule has 0 saturated carbocycles. The van der Waals surface area contributed by atoms with Crippen molar-refractivity contribution < 1.29 is 37.4 Å². The van der Waals surface area contributed by atoms with Gasteiger partial charge in [-0.2, -0.15) is 13.2 Å². The van der Waals surface area contributed by atoms with Crippen LogP contribution in [0.5, 0.6) is 5.75 Å². The Morgan fingerprint density at radius 3 is 2.44 bits per heavy atom. The molecule has 0 radical (unpaired) electrons. The molecule has 0 amide bonds. The number of carbonyl (C=O) groups excluding carboxylic acids is 1. The minimum absolute atomic E-state index is 0.0381. The van der Waals surface area contributed by atoms with Gasteiger partial charge in [0, 0.05) is 22.5 Å². The first-order valence-corrected chi connectivity index (χ1v) is 8.33. The van der Waals surface area contributed by atoms with E-state index < -0.39 is 40.9 Å². The number of carboxylic acid groups (broad SMARTS) is 1. The lowest BCUT2D eigenvalue weighted by Gasteiger charge is -2.06. The van der Waals surface area contributed by atoms with Crippen LogP contribution in [-0.2, 0) is 17.4 Å². The number of thiophene rings is 1. The van der Waals surface area contributed by atoms with Gasteiger partial charge in [-0.3, -0.25) is 14.2 Å². The van der Waals surface area contributed by atoms with Crippen molar-refractivity contribution in [3.8, 4) is 5.75 Å². The fourth-order valence-electron chi connectivity index (χ4n) is 2.85. The van der Waals surface area contributed by atoms with Crippen molar-refractivity contribution >= 4 is 34.1 Å². The Morgan fingerprint density at radius 2 is 1.89 bits per heavy atom. The average molecular weight is 401 g/mol. The van der Waals surface area contributed by atoms with Crippen LogP contribution in [0.1, 0.15) is 26.5 Å². The van der Waals surface area contributed by atoms with Gasteiger partial charge in [0.1, 0.15) is 4.88 Å². The van der Waals surface area contributed by atoms with Gasteiger partial charge < -0.3 is 10.2 Å². The summed E-state index contributed by atoms with van der Waals surface area (Å²) in [5.74, 6) is -3.85. The van der Waals surface area contributed by atoms with E-state index in [0.29, 0.717) is 17.4 Å². The van der Waals surface area contributed by atoms with Crippen molar-refractivity contribution in [2.75, 3.05) is 0 Å². The number of fused-ring (bicyclic) bond motifs is 1. The summed E-state index contributed by atoms with van der Waals surface area (Å²) in [7, 11) is 0. The van der Waals surface area contributed by atoms with E-state index >= 15 is 0 Å². The molecule has 0 fully saturated rings. The van der Waals surface area contributed by atoms with Crippen molar-refractivity contribution in [3.05, 3.63) is 51.1 Å². The van der Waals surface area contributed by atoms with E-state index in [1.807, 2.05) is 0 Å². The first-order chi connectivity index (χ1) is 12.5. The van der Waals surface area contributed by atoms with Crippen LogP contribution in [0.2, 0.25) is 0 Å². The number of aromatic nitrogens is 1. The molecular formula is C17H11F4NO4S. The molecule has 27 heavy (non-hydrogen) atoms. The predicted molar refractivity (Wildman–Crippen MR) is 88.7 cm³/mol. The highest BCUT2D eigenvalue weighted by molar-refractivity contribution is 7.10. The highest BCUT2D eigenvalue weighted by Crippen LogP contribution is 2.36. The summed E-state index contributed by atoms with van der Waals surface area (Å²) in [4.78, 5) is 22.9. The maximum absolute atomic E-state index is 13.8. The maximum atomic E-state index is 13.8. The molecule has 10 heteroatoms. The summed E-state index contributed by atoms with van der Waals surface area (Å²) in [6.45, 7) is 1.40. The fraction of sp³-hybridized carbons (Fsp3) is 0.176. The van der Waals surface area contributed by atoms with Crippen LogP contribution in [0.25, 0.3) is 10.9 Å². The molecule has 0 atom stereocenters. The first-order valence-electron chi connectivity index (χ1n) is 7.45. The second-order valence-corrected chi connectivity index (χ2v) is 6.70. The molecule has 3 aromatic rings. The zero-order chi connectivity index (χ0) is 20.1. The second-order valence-electron chi connectivity index (χ2n) is 5.79. The Labute approximate surface area is 153 Å². The largest absolute Gasteiger partial charge is 0.505 e. The lowest BCUT2D eigenvalue weighted by Crippen LogP contribution is -2.14. The normalized spacial score (nSPS) is 11.9. The molecule has 1 aromatic carbocycles. The van der Waals surface area contributed by atoms with E-state index in [2.05, 4.69) is 0 Å². The maximum Gasteiger partial charge on any atom is 0.425 e. The summed E-state index contributed by atoms with van der Waals surface area (Å²) >= 11 is 0.346. The van der Waals surface area contributed by atoms with Crippen LogP contribution in [0.3, 0.4) is 0 Å². The quantitative estimate of drug-likeness (QED) is 0.645. The van der Waals surface area contributed by atoms with Crippen LogP contribution in [-0.4, -0.2) is 26.7 Å². The molecule has 3 rings (SSSR count). The Balaban J connectivity index is 2.22. The smallest absolute Gasteiger partial charge is 0.425 e.